The number of primary amides is 1. The number of carbonyl (C=O) groups excluding carboxylic acids is 3. The van der Waals surface area contributed by atoms with Gasteiger partial charge in [-0.2, -0.15) is 0 Å². The molecule has 6 nitrogen and oxygen atoms in total. The lowest BCUT2D eigenvalue weighted by atomic mass is 10.0. The molecule has 1 aliphatic carbocycles. The third kappa shape index (κ3) is 4.35. The lowest BCUT2D eigenvalue weighted by Gasteiger charge is -2.18. The summed E-state index contributed by atoms with van der Waals surface area (Å²) in [5.41, 5.74) is 5.22. The van der Waals surface area contributed by atoms with E-state index in [-0.39, 0.29) is 24.2 Å². The van der Waals surface area contributed by atoms with Gasteiger partial charge < -0.3 is 15.8 Å². The third-order valence-electron chi connectivity index (χ3n) is 2.89. The van der Waals surface area contributed by atoms with Crippen LogP contribution in [-0.2, 0) is 19.1 Å². The number of hydrogen-bond acceptors (Lipinski definition) is 4. The molecule has 0 bridgehead atoms. The van der Waals surface area contributed by atoms with Crippen LogP contribution in [0.3, 0.4) is 0 Å². The molecule has 0 heterocycles. The van der Waals surface area contributed by atoms with Gasteiger partial charge in [-0.05, 0) is 26.2 Å². The van der Waals surface area contributed by atoms with E-state index in [1.807, 2.05) is 0 Å². The van der Waals surface area contributed by atoms with Crippen molar-refractivity contribution in [3.05, 3.63) is 0 Å². The molecular formula is C12H20N2O4. The SMILES string of the molecule is CCOC(=O)[C@@H](C)C[C@@H](NC(=O)C1CC1)C(N)=O. The van der Waals surface area contributed by atoms with Crippen LogP contribution in [0.4, 0.5) is 0 Å². The summed E-state index contributed by atoms with van der Waals surface area (Å²) in [4.78, 5) is 34.3. The van der Waals surface area contributed by atoms with Crippen LogP contribution in [0.25, 0.3) is 0 Å². The summed E-state index contributed by atoms with van der Waals surface area (Å²) in [6.45, 7) is 3.65. The molecule has 0 aromatic rings. The van der Waals surface area contributed by atoms with Crippen molar-refractivity contribution in [2.45, 2.75) is 39.2 Å². The molecule has 3 N–H and O–H groups in total. The van der Waals surface area contributed by atoms with Gasteiger partial charge in [0.1, 0.15) is 6.04 Å². The van der Waals surface area contributed by atoms with Crippen molar-refractivity contribution in [2.24, 2.45) is 17.6 Å². The van der Waals surface area contributed by atoms with Gasteiger partial charge in [-0.3, -0.25) is 14.4 Å². The van der Waals surface area contributed by atoms with E-state index >= 15 is 0 Å². The summed E-state index contributed by atoms with van der Waals surface area (Å²) in [6, 6.07) is -0.808. The maximum Gasteiger partial charge on any atom is 0.308 e. The zero-order chi connectivity index (χ0) is 13.7. The highest BCUT2D eigenvalue weighted by molar-refractivity contribution is 5.89. The predicted molar refractivity (Wildman–Crippen MR) is 64.3 cm³/mol. The minimum atomic E-state index is -0.808. The first-order chi connectivity index (χ1) is 8.45. The molecule has 0 radical (unpaired) electrons. The van der Waals surface area contributed by atoms with Crippen molar-refractivity contribution >= 4 is 17.8 Å². The zero-order valence-electron chi connectivity index (χ0n) is 10.8. The van der Waals surface area contributed by atoms with Crippen molar-refractivity contribution in [1.29, 1.82) is 0 Å². The molecule has 18 heavy (non-hydrogen) atoms. The van der Waals surface area contributed by atoms with Crippen LogP contribution in [0.15, 0.2) is 0 Å². The number of nitrogens with one attached hydrogen (secondary N) is 1. The average Bonchev–Trinajstić information content (AvgIpc) is 3.11. The Kier molecular flexibility index (Phi) is 5.12. The normalized spacial score (nSPS) is 17.7. The molecule has 1 aliphatic rings. The molecule has 0 unspecified atom stereocenters. The summed E-state index contributed by atoms with van der Waals surface area (Å²) in [6.07, 6.45) is 1.88. The zero-order valence-corrected chi connectivity index (χ0v) is 10.8. The van der Waals surface area contributed by atoms with E-state index in [4.69, 9.17) is 10.5 Å². The third-order valence-corrected chi connectivity index (χ3v) is 2.89. The highest BCUT2D eigenvalue weighted by Crippen LogP contribution is 2.29. The Labute approximate surface area is 106 Å². The fourth-order valence-corrected chi connectivity index (χ4v) is 1.62. The molecule has 1 saturated carbocycles. The molecule has 0 aromatic carbocycles. The van der Waals surface area contributed by atoms with Gasteiger partial charge in [-0.25, -0.2) is 0 Å². The van der Waals surface area contributed by atoms with Crippen molar-refractivity contribution in [2.75, 3.05) is 6.61 Å². The van der Waals surface area contributed by atoms with Crippen LogP contribution in [0.1, 0.15) is 33.1 Å². The Morgan fingerprint density at radius 2 is 2.00 bits per heavy atom. The second kappa shape index (κ2) is 6.37. The summed E-state index contributed by atoms with van der Waals surface area (Å²) in [5, 5.41) is 2.59. The number of rotatable bonds is 7. The van der Waals surface area contributed by atoms with Gasteiger partial charge in [0.2, 0.25) is 11.8 Å². The summed E-state index contributed by atoms with van der Waals surface area (Å²) < 4.78 is 4.85. The molecule has 0 spiro atoms. The summed E-state index contributed by atoms with van der Waals surface area (Å²) in [7, 11) is 0. The number of esters is 1. The smallest absolute Gasteiger partial charge is 0.308 e. The minimum absolute atomic E-state index is 0.00440. The van der Waals surface area contributed by atoms with Gasteiger partial charge in [0, 0.05) is 5.92 Å². The van der Waals surface area contributed by atoms with Gasteiger partial charge >= 0.3 is 5.97 Å². The first-order valence-corrected chi connectivity index (χ1v) is 6.22. The number of nitrogens with two attached hydrogens (primary N) is 1. The first-order valence-electron chi connectivity index (χ1n) is 6.22. The number of ether oxygens (including phenoxy) is 1. The Morgan fingerprint density at radius 1 is 1.39 bits per heavy atom. The van der Waals surface area contributed by atoms with Crippen molar-refractivity contribution in [3.8, 4) is 0 Å². The molecule has 0 aromatic heterocycles. The van der Waals surface area contributed by atoms with Gasteiger partial charge in [0.05, 0.1) is 12.5 Å². The second-order valence-corrected chi connectivity index (χ2v) is 4.63. The lowest BCUT2D eigenvalue weighted by Crippen LogP contribution is -2.46. The first kappa shape index (κ1) is 14.5. The van der Waals surface area contributed by atoms with Gasteiger partial charge in [-0.1, -0.05) is 6.92 Å². The largest absolute Gasteiger partial charge is 0.466 e. The Hall–Kier alpha value is -1.59. The quantitative estimate of drug-likeness (QED) is 0.624. The van der Waals surface area contributed by atoms with E-state index in [2.05, 4.69) is 5.32 Å². The van der Waals surface area contributed by atoms with E-state index in [0.29, 0.717) is 6.61 Å². The molecular weight excluding hydrogens is 236 g/mol. The molecule has 0 aliphatic heterocycles. The van der Waals surface area contributed by atoms with Crippen LogP contribution in [-0.4, -0.2) is 30.4 Å². The van der Waals surface area contributed by atoms with Gasteiger partial charge in [-0.15, -0.1) is 0 Å². The Morgan fingerprint density at radius 3 is 2.44 bits per heavy atom. The predicted octanol–water partition coefficient (Wildman–Crippen LogP) is -0.0442. The van der Waals surface area contributed by atoms with Crippen LogP contribution >= 0.6 is 0 Å². The second-order valence-electron chi connectivity index (χ2n) is 4.63. The van der Waals surface area contributed by atoms with E-state index in [9.17, 15) is 14.4 Å². The van der Waals surface area contributed by atoms with E-state index in [0.717, 1.165) is 12.8 Å². The Bertz CT molecular complexity index is 339. The molecule has 102 valence electrons. The lowest BCUT2D eigenvalue weighted by molar-refractivity contribution is -0.148. The van der Waals surface area contributed by atoms with Gasteiger partial charge in [0.15, 0.2) is 0 Å². The van der Waals surface area contributed by atoms with Crippen LogP contribution in [0.2, 0.25) is 0 Å². The number of carbonyl (C=O) groups is 3. The highest BCUT2D eigenvalue weighted by atomic mass is 16.5. The summed E-state index contributed by atoms with van der Waals surface area (Å²) >= 11 is 0. The van der Waals surface area contributed by atoms with Crippen LogP contribution in [0, 0.1) is 11.8 Å². The van der Waals surface area contributed by atoms with Crippen molar-refractivity contribution in [1.82, 2.24) is 5.32 Å². The van der Waals surface area contributed by atoms with Gasteiger partial charge in [0.25, 0.3) is 0 Å². The van der Waals surface area contributed by atoms with Crippen molar-refractivity contribution < 1.29 is 19.1 Å². The van der Waals surface area contributed by atoms with Crippen molar-refractivity contribution in [3.63, 3.8) is 0 Å². The molecule has 1 rings (SSSR count). The molecule has 2 amide bonds. The minimum Gasteiger partial charge on any atom is -0.466 e. The average molecular weight is 256 g/mol. The molecule has 6 heteroatoms. The molecule has 0 saturated heterocycles. The fourth-order valence-electron chi connectivity index (χ4n) is 1.62. The number of amides is 2. The maximum atomic E-state index is 11.6. The Balaban J connectivity index is 2.48. The molecule has 2 atom stereocenters. The number of hydrogen-bond donors (Lipinski definition) is 2. The van der Waals surface area contributed by atoms with E-state index in [1.165, 1.54) is 0 Å². The van der Waals surface area contributed by atoms with E-state index < -0.39 is 17.9 Å². The van der Waals surface area contributed by atoms with Crippen LogP contribution in [0.5, 0.6) is 0 Å². The topological polar surface area (TPSA) is 98.5 Å². The highest BCUT2D eigenvalue weighted by Gasteiger charge is 2.33. The van der Waals surface area contributed by atoms with Crippen LogP contribution < -0.4 is 11.1 Å². The standard InChI is InChI=1S/C12H20N2O4/c1-3-18-12(17)7(2)6-9(10(13)15)14-11(16)8-4-5-8/h7-9H,3-6H2,1-2H3,(H2,13,15)(H,14,16)/t7-,9+/m0/s1. The molecule has 1 fully saturated rings. The maximum absolute atomic E-state index is 11.6. The summed E-state index contributed by atoms with van der Waals surface area (Å²) in [5.74, 6) is -1.63. The fraction of sp³-hybridized carbons (Fsp3) is 0.750. The van der Waals surface area contributed by atoms with E-state index in [1.54, 1.807) is 13.8 Å². The monoisotopic (exact) mass is 256 g/mol.